The van der Waals surface area contributed by atoms with Gasteiger partial charge in [0, 0.05) is 12.1 Å². The predicted octanol–water partition coefficient (Wildman–Crippen LogP) is 3.87. The van der Waals surface area contributed by atoms with Crippen molar-refractivity contribution in [3.63, 3.8) is 0 Å². The number of nitrogens with one attached hydrogen (secondary N) is 1. The Kier molecular flexibility index (Phi) is 9.53. The minimum Gasteiger partial charge on any atom is -0.350 e. The lowest BCUT2D eigenvalue weighted by Gasteiger charge is -2.34. The Morgan fingerprint density at radius 3 is 2.15 bits per heavy atom. The number of amides is 2. The molecule has 1 atom stereocenters. The molecular weight excluding hydrogens is 474 g/mol. The van der Waals surface area contributed by atoms with Crippen LogP contribution in [0, 0.1) is 0 Å². The molecule has 0 aliphatic carbocycles. The molecule has 2 amide bonds. The number of rotatable bonds is 10. The van der Waals surface area contributed by atoms with Crippen LogP contribution in [-0.4, -0.2) is 56.1 Å². The fourth-order valence-electron chi connectivity index (χ4n) is 3.60. The summed E-state index contributed by atoms with van der Waals surface area (Å²) < 4.78 is 26.2. The summed E-state index contributed by atoms with van der Waals surface area (Å²) in [6, 6.07) is 15.3. The van der Waals surface area contributed by atoms with Crippen molar-refractivity contribution in [3.8, 4) is 0 Å². The number of anilines is 1. The molecule has 0 fully saturated rings. The molecule has 0 aromatic heterocycles. The van der Waals surface area contributed by atoms with E-state index in [4.69, 9.17) is 11.6 Å². The molecule has 186 valence electrons. The zero-order valence-electron chi connectivity index (χ0n) is 20.4. The quantitative estimate of drug-likeness (QED) is 0.529. The van der Waals surface area contributed by atoms with E-state index in [1.54, 1.807) is 24.3 Å². The molecule has 0 saturated heterocycles. The van der Waals surface area contributed by atoms with Crippen LogP contribution in [0.1, 0.15) is 39.7 Å². The first kappa shape index (κ1) is 27.7. The van der Waals surface area contributed by atoms with Crippen molar-refractivity contribution in [3.05, 3.63) is 65.2 Å². The Bertz CT molecular complexity index is 1080. The van der Waals surface area contributed by atoms with Gasteiger partial charge in [-0.05, 0) is 51.3 Å². The molecule has 1 N–H and O–H groups in total. The van der Waals surface area contributed by atoms with Gasteiger partial charge >= 0.3 is 0 Å². The third kappa shape index (κ3) is 8.02. The van der Waals surface area contributed by atoms with Crippen LogP contribution in [-0.2, 0) is 26.0 Å². The van der Waals surface area contributed by atoms with Crippen LogP contribution in [0.4, 0.5) is 5.69 Å². The lowest BCUT2D eigenvalue weighted by atomic mass is 10.1. The maximum Gasteiger partial charge on any atom is 0.244 e. The lowest BCUT2D eigenvalue weighted by Crippen LogP contribution is -2.56. The molecular formula is C25H34ClN3O4S. The van der Waals surface area contributed by atoms with E-state index in [-0.39, 0.29) is 23.2 Å². The van der Waals surface area contributed by atoms with Gasteiger partial charge in [0.05, 0.1) is 17.0 Å². The molecule has 0 aliphatic rings. The summed E-state index contributed by atoms with van der Waals surface area (Å²) in [5.74, 6) is -0.753. The summed E-state index contributed by atoms with van der Waals surface area (Å²) in [6.45, 7) is 7.25. The molecule has 0 spiro atoms. The van der Waals surface area contributed by atoms with Crippen molar-refractivity contribution >= 4 is 39.1 Å². The number of sulfonamides is 1. The van der Waals surface area contributed by atoms with Gasteiger partial charge in [-0.2, -0.15) is 0 Å². The third-order valence-electron chi connectivity index (χ3n) is 5.17. The zero-order valence-corrected chi connectivity index (χ0v) is 22.0. The van der Waals surface area contributed by atoms with E-state index in [0.717, 1.165) is 16.1 Å². The first-order valence-electron chi connectivity index (χ1n) is 11.2. The summed E-state index contributed by atoms with van der Waals surface area (Å²) in [6.07, 6.45) is 1.94. The van der Waals surface area contributed by atoms with Crippen molar-refractivity contribution in [1.29, 1.82) is 0 Å². The highest BCUT2D eigenvalue weighted by atomic mass is 35.5. The van der Waals surface area contributed by atoms with E-state index in [1.165, 1.54) is 4.90 Å². The predicted molar refractivity (Wildman–Crippen MR) is 137 cm³/mol. The van der Waals surface area contributed by atoms with Crippen molar-refractivity contribution in [2.24, 2.45) is 0 Å². The van der Waals surface area contributed by atoms with Crippen LogP contribution in [0.3, 0.4) is 0 Å². The molecule has 0 bridgehead atoms. The largest absolute Gasteiger partial charge is 0.350 e. The summed E-state index contributed by atoms with van der Waals surface area (Å²) in [5.41, 5.74) is 0.752. The average molecular weight is 508 g/mol. The van der Waals surface area contributed by atoms with Crippen molar-refractivity contribution < 1.29 is 18.0 Å². The molecule has 9 heteroatoms. The van der Waals surface area contributed by atoms with Gasteiger partial charge in [-0.3, -0.25) is 13.9 Å². The van der Waals surface area contributed by atoms with E-state index < -0.39 is 34.1 Å². The summed E-state index contributed by atoms with van der Waals surface area (Å²) in [7, 11) is -3.82. The van der Waals surface area contributed by atoms with Crippen LogP contribution >= 0.6 is 11.6 Å². The highest BCUT2D eigenvalue weighted by Crippen LogP contribution is 2.27. The van der Waals surface area contributed by atoms with Crippen molar-refractivity contribution in [1.82, 2.24) is 10.2 Å². The molecule has 0 aliphatic heterocycles. The number of halogens is 1. The van der Waals surface area contributed by atoms with Gasteiger partial charge in [0.2, 0.25) is 21.8 Å². The van der Waals surface area contributed by atoms with E-state index >= 15 is 0 Å². The molecule has 0 heterocycles. The van der Waals surface area contributed by atoms with Crippen LogP contribution in [0.2, 0.25) is 5.02 Å². The highest BCUT2D eigenvalue weighted by Gasteiger charge is 2.33. The minimum atomic E-state index is -3.82. The Labute approximate surface area is 208 Å². The van der Waals surface area contributed by atoms with Gasteiger partial charge in [-0.15, -0.1) is 0 Å². The Morgan fingerprint density at radius 1 is 1.03 bits per heavy atom. The fraction of sp³-hybridized carbons (Fsp3) is 0.440. The number of carbonyl (C=O) groups excluding carboxylic acids is 2. The molecule has 0 radical (unpaired) electrons. The summed E-state index contributed by atoms with van der Waals surface area (Å²) in [5, 5.41) is 3.16. The van der Waals surface area contributed by atoms with Gasteiger partial charge in [0.25, 0.3) is 0 Å². The van der Waals surface area contributed by atoms with Crippen LogP contribution in [0.15, 0.2) is 54.6 Å². The third-order valence-corrected chi connectivity index (χ3v) is 6.61. The molecule has 2 aromatic carbocycles. The number of nitrogens with zero attached hydrogens (tertiary/aromatic N) is 2. The van der Waals surface area contributed by atoms with Crippen LogP contribution in [0.5, 0.6) is 0 Å². The van der Waals surface area contributed by atoms with Gasteiger partial charge < -0.3 is 10.2 Å². The second-order valence-corrected chi connectivity index (χ2v) is 11.5. The fourth-order valence-corrected chi connectivity index (χ4v) is 4.75. The van der Waals surface area contributed by atoms with Gasteiger partial charge in [0.1, 0.15) is 12.6 Å². The Morgan fingerprint density at radius 2 is 1.62 bits per heavy atom. The summed E-state index contributed by atoms with van der Waals surface area (Å²) in [4.78, 5) is 28.1. The maximum absolute atomic E-state index is 13.6. The smallest absolute Gasteiger partial charge is 0.244 e. The number of benzene rings is 2. The van der Waals surface area contributed by atoms with Gasteiger partial charge in [0.15, 0.2) is 0 Å². The van der Waals surface area contributed by atoms with Gasteiger partial charge in [-0.25, -0.2) is 8.42 Å². The van der Waals surface area contributed by atoms with Gasteiger partial charge in [-0.1, -0.05) is 61.0 Å². The van der Waals surface area contributed by atoms with E-state index in [1.807, 2.05) is 58.0 Å². The number of hydrogen-bond donors (Lipinski definition) is 1. The standard InChI is InChI=1S/C25H34ClN3O4S/c1-6-21(24(31)27-25(2,3)4)28(17-16-19-12-8-7-9-13-19)23(30)18-29(34(5,32)33)22-15-11-10-14-20(22)26/h7-15,21H,6,16-18H2,1-5H3,(H,27,31)/t21-/m0/s1. The zero-order chi connectivity index (χ0) is 25.5. The van der Waals surface area contributed by atoms with Crippen LogP contribution < -0.4 is 9.62 Å². The molecule has 0 unspecified atom stereocenters. The minimum absolute atomic E-state index is 0.217. The Hall–Kier alpha value is -2.58. The van der Waals surface area contributed by atoms with E-state index in [2.05, 4.69) is 5.32 Å². The van der Waals surface area contributed by atoms with Crippen molar-refractivity contribution in [2.45, 2.75) is 52.1 Å². The van der Waals surface area contributed by atoms with E-state index in [0.29, 0.717) is 12.8 Å². The van der Waals surface area contributed by atoms with E-state index in [9.17, 15) is 18.0 Å². The molecule has 2 rings (SSSR count). The number of hydrogen-bond acceptors (Lipinski definition) is 4. The van der Waals surface area contributed by atoms with Crippen LogP contribution in [0.25, 0.3) is 0 Å². The second-order valence-electron chi connectivity index (χ2n) is 9.21. The number of carbonyl (C=O) groups is 2. The summed E-state index contributed by atoms with van der Waals surface area (Å²) >= 11 is 6.25. The Balaban J connectivity index is 2.39. The monoisotopic (exact) mass is 507 g/mol. The SMILES string of the molecule is CC[C@@H](C(=O)NC(C)(C)C)N(CCc1ccccc1)C(=O)CN(c1ccccc1Cl)S(C)(=O)=O. The maximum atomic E-state index is 13.6. The first-order chi connectivity index (χ1) is 15.8. The molecule has 7 nitrogen and oxygen atoms in total. The number of para-hydroxylation sites is 1. The molecule has 2 aromatic rings. The topological polar surface area (TPSA) is 86.8 Å². The molecule has 0 saturated carbocycles. The average Bonchev–Trinajstić information content (AvgIpc) is 2.74. The lowest BCUT2D eigenvalue weighted by molar-refractivity contribution is -0.140. The highest BCUT2D eigenvalue weighted by molar-refractivity contribution is 7.92. The first-order valence-corrected chi connectivity index (χ1v) is 13.4. The van der Waals surface area contributed by atoms with Crippen molar-refractivity contribution in [2.75, 3.05) is 23.7 Å². The normalized spacial score (nSPS) is 12.6. The second kappa shape index (κ2) is 11.7. The molecule has 34 heavy (non-hydrogen) atoms.